The van der Waals surface area contributed by atoms with Crippen LogP contribution in [0.4, 0.5) is 0 Å². The summed E-state index contributed by atoms with van der Waals surface area (Å²) in [6, 6.07) is 7.36. The maximum atomic E-state index is 6.27. The Bertz CT molecular complexity index is 601. The summed E-state index contributed by atoms with van der Waals surface area (Å²) >= 11 is 18.2. The maximum absolute atomic E-state index is 6.27. The van der Waals surface area contributed by atoms with Gasteiger partial charge in [0.15, 0.2) is 0 Å². The van der Waals surface area contributed by atoms with E-state index >= 15 is 0 Å². The summed E-state index contributed by atoms with van der Waals surface area (Å²) in [4.78, 5) is 0. The average molecular weight is 316 g/mol. The molecule has 0 spiro atoms. The van der Waals surface area contributed by atoms with E-state index in [9.17, 15) is 0 Å². The van der Waals surface area contributed by atoms with Crippen LogP contribution >= 0.6 is 34.8 Å². The first kappa shape index (κ1) is 13.3. The third-order valence-electron chi connectivity index (χ3n) is 3.61. The Balaban J connectivity index is 1.97. The molecule has 5 heteroatoms. The van der Waals surface area contributed by atoms with E-state index in [4.69, 9.17) is 34.8 Å². The molecular weight excluding hydrogens is 303 g/mol. The standard InChI is InChI=1S/C14H13Cl3N2/c15-11-6-5-10(7-12(11)16)19-14(17)8-13(18-19)9-3-1-2-4-9/h5-9H,1-4H2. The van der Waals surface area contributed by atoms with Crippen molar-refractivity contribution in [2.75, 3.05) is 0 Å². The van der Waals surface area contributed by atoms with E-state index < -0.39 is 0 Å². The molecule has 0 aliphatic heterocycles. The molecule has 1 saturated carbocycles. The highest BCUT2D eigenvalue weighted by atomic mass is 35.5. The van der Waals surface area contributed by atoms with Crippen LogP contribution in [-0.2, 0) is 0 Å². The van der Waals surface area contributed by atoms with Crippen LogP contribution in [-0.4, -0.2) is 9.78 Å². The van der Waals surface area contributed by atoms with Crippen molar-refractivity contribution in [1.82, 2.24) is 9.78 Å². The van der Waals surface area contributed by atoms with Gasteiger partial charge in [-0.3, -0.25) is 0 Å². The molecule has 0 atom stereocenters. The normalized spacial score (nSPS) is 16.2. The molecule has 19 heavy (non-hydrogen) atoms. The van der Waals surface area contributed by atoms with Gasteiger partial charge in [-0.2, -0.15) is 5.10 Å². The number of hydrogen-bond acceptors (Lipinski definition) is 1. The largest absolute Gasteiger partial charge is 0.222 e. The first-order chi connectivity index (χ1) is 9.15. The maximum Gasteiger partial charge on any atom is 0.133 e. The lowest BCUT2D eigenvalue weighted by molar-refractivity contribution is 0.679. The topological polar surface area (TPSA) is 17.8 Å². The van der Waals surface area contributed by atoms with Crippen LogP contribution in [0.5, 0.6) is 0 Å². The smallest absolute Gasteiger partial charge is 0.133 e. The van der Waals surface area contributed by atoms with Crippen LogP contribution in [0, 0.1) is 0 Å². The minimum atomic E-state index is 0.508. The second-order valence-corrected chi connectivity index (χ2v) is 6.09. The minimum Gasteiger partial charge on any atom is -0.222 e. The van der Waals surface area contributed by atoms with Crippen molar-refractivity contribution in [2.24, 2.45) is 0 Å². The number of hydrogen-bond donors (Lipinski definition) is 0. The summed E-state index contributed by atoms with van der Waals surface area (Å²) in [7, 11) is 0. The van der Waals surface area contributed by atoms with E-state index in [1.165, 1.54) is 25.7 Å². The van der Waals surface area contributed by atoms with Crippen LogP contribution in [0.15, 0.2) is 24.3 Å². The Kier molecular flexibility index (Phi) is 3.75. The van der Waals surface area contributed by atoms with Crippen molar-refractivity contribution in [2.45, 2.75) is 31.6 Å². The molecule has 1 fully saturated rings. The van der Waals surface area contributed by atoms with Crippen LogP contribution in [0.25, 0.3) is 5.69 Å². The van der Waals surface area contributed by atoms with Gasteiger partial charge in [0.1, 0.15) is 5.15 Å². The highest BCUT2D eigenvalue weighted by Gasteiger charge is 2.21. The van der Waals surface area contributed by atoms with Gasteiger partial charge < -0.3 is 0 Å². The predicted molar refractivity (Wildman–Crippen MR) is 79.8 cm³/mol. The van der Waals surface area contributed by atoms with Crippen molar-refractivity contribution in [3.63, 3.8) is 0 Å². The van der Waals surface area contributed by atoms with Crippen molar-refractivity contribution >= 4 is 34.8 Å². The van der Waals surface area contributed by atoms with Gasteiger partial charge in [0.25, 0.3) is 0 Å². The van der Waals surface area contributed by atoms with E-state index in [-0.39, 0.29) is 0 Å². The number of nitrogens with zero attached hydrogens (tertiary/aromatic N) is 2. The molecule has 2 nitrogen and oxygen atoms in total. The molecule has 1 aliphatic carbocycles. The van der Waals surface area contributed by atoms with E-state index in [0.717, 1.165) is 11.4 Å². The Morgan fingerprint density at radius 2 is 1.74 bits per heavy atom. The fourth-order valence-electron chi connectivity index (χ4n) is 2.59. The lowest BCUT2D eigenvalue weighted by Gasteiger charge is -2.06. The Morgan fingerprint density at radius 3 is 2.42 bits per heavy atom. The van der Waals surface area contributed by atoms with E-state index in [2.05, 4.69) is 5.10 Å². The fraction of sp³-hybridized carbons (Fsp3) is 0.357. The Morgan fingerprint density at radius 1 is 1.00 bits per heavy atom. The van der Waals surface area contributed by atoms with Gasteiger partial charge in [0.2, 0.25) is 0 Å². The van der Waals surface area contributed by atoms with Gasteiger partial charge in [-0.25, -0.2) is 4.68 Å². The average Bonchev–Trinajstić information content (AvgIpc) is 3.01. The second-order valence-electron chi connectivity index (χ2n) is 4.88. The van der Waals surface area contributed by atoms with Gasteiger partial charge in [0.05, 0.1) is 21.4 Å². The van der Waals surface area contributed by atoms with Gasteiger partial charge in [-0.05, 0) is 37.1 Å². The van der Waals surface area contributed by atoms with Crippen LogP contribution in [0.1, 0.15) is 37.3 Å². The first-order valence-electron chi connectivity index (χ1n) is 6.36. The molecule has 1 heterocycles. The van der Waals surface area contributed by atoms with Gasteiger partial charge in [-0.15, -0.1) is 0 Å². The third kappa shape index (κ3) is 2.62. The van der Waals surface area contributed by atoms with E-state index in [1.807, 2.05) is 12.1 Å². The zero-order valence-corrected chi connectivity index (χ0v) is 12.5. The SMILES string of the molecule is Clc1ccc(-n2nc(C3CCCC3)cc2Cl)cc1Cl. The zero-order valence-electron chi connectivity index (χ0n) is 10.2. The van der Waals surface area contributed by atoms with Gasteiger partial charge in [0, 0.05) is 5.92 Å². The van der Waals surface area contributed by atoms with Crippen molar-refractivity contribution in [3.05, 3.63) is 45.2 Å². The van der Waals surface area contributed by atoms with Crippen molar-refractivity contribution in [1.29, 1.82) is 0 Å². The number of benzene rings is 1. The quantitative estimate of drug-likeness (QED) is 0.716. The number of aromatic nitrogens is 2. The van der Waals surface area contributed by atoms with Crippen molar-refractivity contribution in [3.8, 4) is 5.69 Å². The first-order valence-corrected chi connectivity index (χ1v) is 7.49. The lowest BCUT2D eigenvalue weighted by atomic mass is 10.1. The molecule has 1 aliphatic rings. The van der Waals surface area contributed by atoms with Crippen LogP contribution in [0.3, 0.4) is 0 Å². The Labute approximate surface area is 127 Å². The molecule has 0 bridgehead atoms. The van der Waals surface area contributed by atoms with Crippen molar-refractivity contribution < 1.29 is 0 Å². The zero-order chi connectivity index (χ0) is 13.4. The number of halogens is 3. The molecule has 0 amide bonds. The van der Waals surface area contributed by atoms with Gasteiger partial charge in [-0.1, -0.05) is 47.6 Å². The highest BCUT2D eigenvalue weighted by molar-refractivity contribution is 6.42. The monoisotopic (exact) mass is 314 g/mol. The fourth-order valence-corrected chi connectivity index (χ4v) is 3.13. The Hall–Kier alpha value is -0.700. The molecule has 2 aromatic rings. The summed E-state index contributed by atoms with van der Waals surface area (Å²) < 4.78 is 1.72. The molecule has 1 aromatic heterocycles. The summed E-state index contributed by atoms with van der Waals surface area (Å²) in [5.41, 5.74) is 1.91. The summed E-state index contributed by atoms with van der Waals surface area (Å²) in [6.07, 6.45) is 4.97. The lowest BCUT2D eigenvalue weighted by Crippen LogP contribution is -1.99. The summed E-state index contributed by atoms with van der Waals surface area (Å²) in [5, 5.41) is 6.27. The van der Waals surface area contributed by atoms with E-state index in [0.29, 0.717) is 21.1 Å². The molecule has 0 unspecified atom stereocenters. The molecule has 0 saturated heterocycles. The highest BCUT2D eigenvalue weighted by Crippen LogP contribution is 2.35. The van der Waals surface area contributed by atoms with Crippen LogP contribution < -0.4 is 0 Å². The summed E-state index contributed by atoms with van der Waals surface area (Å²) in [5.74, 6) is 0.543. The molecule has 3 rings (SSSR count). The molecular formula is C14H13Cl3N2. The van der Waals surface area contributed by atoms with Crippen LogP contribution in [0.2, 0.25) is 15.2 Å². The van der Waals surface area contributed by atoms with E-state index in [1.54, 1.807) is 16.8 Å². The molecule has 0 radical (unpaired) electrons. The minimum absolute atomic E-state index is 0.508. The molecule has 0 N–H and O–H groups in total. The predicted octanol–water partition coefficient (Wildman–Crippen LogP) is 5.49. The van der Waals surface area contributed by atoms with Gasteiger partial charge >= 0.3 is 0 Å². The third-order valence-corrected chi connectivity index (χ3v) is 4.61. The second kappa shape index (κ2) is 5.35. The molecule has 100 valence electrons. The summed E-state index contributed by atoms with van der Waals surface area (Å²) in [6.45, 7) is 0. The number of rotatable bonds is 2. The molecule has 1 aromatic carbocycles.